The highest BCUT2D eigenvalue weighted by Gasteiger charge is 2.27. The van der Waals surface area contributed by atoms with E-state index in [1.165, 1.54) is 0 Å². The fraction of sp³-hybridized carbons (Fsp3) is 0.714. The molecule has 3 N–H and O–H groups in total. The van der Waals surface area contributed by atoms with Gasteiger partial charge in [-0.15, -0.1) is 0 Å². The Labute approximate surface area is 121 Å². The van der Waals surface area contributed by atoms with Gasteiger partial charge in [0.25, 0.3) is 0 Å². The highest BCUT2D eigenvalue weighted by Crippen LogP contribution is 2.34. The standard InChI is InChI=1S/C14H26N4O2/c1-9(14(2,3)4)7-10(18-15)12-13(20-6)17-11(19-5)8-16-12/h8-10,18H,7,15H2,1-6H3. The van der Waals surface area contributed by atoms with E-state index in [4.69, 9.17) is 15.3 Å². The van der Waals surface area contributed by atoms with E-state index in [2.05, 4.69) is 43.1 Å². The molecule has 0 radical (unpaired) electrons. The maximum Gasteiger partial charge on any atom is 0.240 e. The second-order valence-corrected chi connectivity index (χ2v) is 6.03. The molecule has 1 rings (SSSR count). The van der Waals surface area contributed by atoms with Crippen molar-refractivity contribution in [1.29, 1.82) is 0 Å². The minimum atomic E-state index is -0.113. The zero-order valence-corrected chi connectivity index (χ0v) is 13.2. The molecule has 0 aliphatic carbocycles. The molecule has 0 fully saturated rings. The molecule has 0 aliphatic rings. The normalized spacial score (nSPS) is 14.8. The molecule has 0 saturated carbocycles. The number of nitrogens with two attached hydrogens (primary N) is 1. The third-order valence-electron chi connectivity index (χ3n) is 3.75. The van der Waals surface area contributed by atoms with Crippen LogP contribution < -0.4 is 20.7 Å². The van der Waals surface area contributed by atoms with Gasteiger partial charge in [-0.2, -0.15) is 4.98 Å². The van der Waals surface area contributed by atoms with E-state index < -0.39 is 0 Å². The molecule has 6 heteroatoms. The van der Waals surface area contributed by atoms with Crippen LogP contribution in [-0.4, -0.2) is 24.2 Å². The van der Waals surface area contributed by atoms with Gasteiger partial charge in [-0.1, -0.05) is 27.7 Å². The molecule has 1 heterocycles. The fourth-order valence-corrected chi connectivity index (χ4v) is 1.82. The van der Waals surface area contributed by atoms with Crippen molar-refractivity contribution in [3.63, 3.8) is 0 Å². The van der Waals surface area contributed by atoms with Crippen molar-refractivity contribution in [2.45, 2.75) is 40.2 Å². The number of nitrogens with one attached hydrogen (secondary N) is 1. The summed E-state index contributed by atoms with van der Waals surface area (Å²) in [5.74, 6) is 7.00. The molecule has 0 bridgehead atoms. The predicted molar refractivity (Wildman–Crippen MR) is 78.4 cm³/mol. The van der Waals surface area contributed by atoms with Gasteiger partial charge in [0.2, 0.25) is 11.8 Å². The third kappa shape index (κ3) is 4.05. The lowest BCUT2D eigenvalue weighted by atomic mass is 9.78. The Kier molecular flexibility index (Phi) is 5.71. The molecule has 0 aromatic carbocycles. The minimum Gasteiger partial charge on any atom is -0.480 e. The molecule has 0 spiro atoms. The molecule has 1 aromatic rings. The lowest BCUT2D eigenvalue weighted by molar-refractivity contribution is 0.219. The van der Waals surface area contributed by atoms with E-state index in [1.807, 2.05) is 0 Å². The van der Waals surface area contributed by atoms with Gasteiger partial charge in [0.05, 0.1) is 26.5 Å². The largest absolute Gasteiger partial charge is 0.480 e. The summed E-state index contributed by atoms with van der Waals surface area (Å²) in [6, 6.07) is -0.113. The van der Waals surface area contributed by atoms with E-state index in [0.29, 0.717) is 23.4 Å². The van der Waals surface area contributed by atoms with Crippen LogP contribution in [0.3, 0.4) is 0 Å². The molecule has 0 aliphatic heterocycles. The molecule has 114 valence electrons. The van der Waals surface area contributed by atoms with Gasteiger partial charge < -0.3 is 9.47 Å². The molecule has 2 atom stereocenters. The number of aromatic nitrogens is 2. The number of hydrogen-bond donors (Lipinski definition) is 2. The first-order chi connectivity index (χ1) is 9.33. The Balaban J connectivity index is 3.00. The van der Waals surface area contributed by atoms with Crippen LogP contribution >= 0.6 is 0 Å². The summed E-state index contributed by atoms with van der Waals surface area (Å²) in [5.41, 5.74) is 3.71. The van der Waals surface area contributed by atoms with Gasteiger partial charge in [0.15, 0.2) is 0 Å². The molecular weight excluding hydrogens is 256 g/mol. The number of hydrazine groups is 1. The topological polar surface area (TPSA) is 82.3 Å². The maximum atomic E-state index is 5.69. The van der Waals surface area contributed by atoms with Gasteiger partial charge >= 0.3 is 0 Å². The summed E-state index contributed by atoms with van der Waals surface area (Å²) >= 11 is 0. The van der Waals surface area contributed by atoms with Crippen LogP contribution in [-0.2, 0) is 0 Å². The van der Waals surface area contributed by atoms with Crippen LogP contribution in [0.4, 0.5) is 0 Å². The van der Waals surface area contributed by atoms with Crippen molar-refractivity contribution in [2.24, 2.45) is 17.2 Å². The summed E-state index contributed by atoms with van der Waals surface area (Å²) in [5, 5.41) is 0. The first kappa shape index (κ1) is 16.7. The second-order valence-electron chi connectivity index (χ2n) is 6.03. The van der Waals surface area contributed by atoms with Crippen molar-refractivity contribution in [3.8, 4) is 11.8 Å². The number of hydrogen-bond acceptors (Lipinski definition) is 6. The summed E-state index contributed by atoms with van der Waals surface area (Å²) in [4.78, 5) is 8.62. The number of ether oxygens (including phenoxy) is 2. The van der Waals surface area contributed by atoms with Crippen LogP contribution in [0.25, 0.3) is 0 Å². The van der Waals surface area contributed by atoms with Crippen LogP contribution in [0.1, 0.15) is 45.9 Å². The van der Waals surface area contributed by atoms with Crippen molar-refractivity contribution in [1.82, 2.24) is 15.4 Å². The van der Waals surface area contributed by atoms with E-state index in [0.717, 1.165) is 6.42 Å². The molecule has 0 amide bonds. The average Bonchev–Trinajstić information content (AvgIpc) is 2.42. The molecule has 6 nitrogen and oxygen atoms in total. The summed E-state index contributed by atoms with van der Waals surface area (Å²) in [6.07, 6.45) is 2.42. The highest BCUT2D eigenvalue weighted by atomic mass is 16.5. The van der Waals surface area contributed by atoms with E-state index in [9.17, 15) is 0 Å². The first-order valence-electron chi connectivity index (χ1n) is 6.74. The average molecular weight is 282 g/mol. The Morgan fingerprint density at radius 3 is 2.40 bits per heavy atom. The summed E-state index contributed by atoms with van der Waals surface area (Å²) in [6.45, 7) is 8.83. The van der Waals surface area contributed by atoms with Crippen LogP contribution in [0, 0.1) is 11.3 Å². The Morgan fingerprint density at radius 2 is 1.95 bits per heavy atom. The maximum absolute atomic E-state index is 5.69. The van der Waals surface area contributed by atoms with Crippen molar-refractivity contribution >= 4 is 0 Å². The van der Waals surface area contributed by atoms with E-state index in [-0.39, 0.29) is 11.5 Å². The number of nitrogens with zero attached hydrogens (tertiary/aromatic N) is 2. The first-order valence-corrected chi connectivity index (χ1v) is 6.74. The number of rotatable bonds is 6. The van der Waals surface area contributed by atoms with Crippen molar-refractivity contribution in [2.75, 3.05) is 14.2 Å². The van der Waals surface area contributed by atoms with Gasteiger partial charge in [-0.25, -0.2) is 4.98 Å². The van der Waals surface area contributed by atoms with Crippen LogP contribution in [0.2, 0.25) is 0 Å². The zero-order chi connectivity index (χ0) is 15.3. The molecular formula is C14H26N4O2. The SMILES string of the molecule is COc1cnc(C(CC(C)C(C)(C)C)NN)c(OC)n1. The molecule has 1 aromatic heterocycles. The smallest absolute Gasteiger partial charge is 0.240 e. The van der Waals surface area contributed by atoms with Crippen molar-refractivity contribution in [3.05, 3.63) is 11.9 Å². The van der Waals surface area contributed by atoms with Crippen LogP contribution in [0.5, 0.6) is 11.8 Å². The molecule has 2 unspecified atom stereocenters. The van der Waals surface area contributed by atoms with E-state index >= 15 is 0 Å². The second kappa shape index (κ2) is 6.85. The van der Waals surface area contributed by atoms with Gasteiger partial charge in [0.1, 0.15) is 5.69 Å². The Morgan fingerprint density at radius 1 is 1.30 bits per heavy atom. The van der Waals surface area contributed by atoms with Gasteiger partial charge in [0, 0.05) is 0 Å². The highest BCUT2D eigenvalue weighted by molar-refractivity contribution is 5.25. The van der Waals surface area contributed by atoms with Gasteiger partial charge in [-0.3, -0.25) is 11.3 Å². The lowest BCUT2D eigenvalue weighted by Crippen LogP contribution is -2.33. The monoisotopic (exact) mass is 282 g/mol. The number of methoxy groups -OCH3 is 2. The fourth-order valence-electron chi connectivity index (χ4n) is 1.82. The van der Waals surface area contributed by atoms with Crippen molar-refractivity contribution < 1.29 is 9.47 Å². The van der Waals surface area contributed by atoms with E-state index in [1.54, 1.807) is 20.4 Å². The molecule has 20 heavy (non-hydrogen) atoms. The summed E-state index contributed by atoms with van der Waals surface area (Å²) in [7, 11) is 3.11. The summed E-state index contributed by atoms with van der Waals surface area (Å²) < 4.78 is 10.3. The Bertz CT molecular complexity index is 432. The molecule has 0 saturated heterocycles. The zero-order valence-electron chi connectivity index (χ0n) is 13.2. The third-order valence-corrected chi connectivity index (χ3v) is 3.75. The Hall–Kier alpha value is -1.40. The quantitative estimate of drug-likeness (QED) is 0.614. The van der Waals surface area contributed by atoms with Gasteiger partial charge in [-0.05, 0) is 17.8 Å². The predicted octanol–water partition coefficient (Wildman–Crippen LogP) is 2.07. The van der Waals surface area contributed by atoms with Crippen LogP contribution in [0.15, 0.2) is 6.20 Å². The lowest BCUT2D eigenvalue weighted by Gasteiger charge is -2.30. The minimum absolute atomic E-state index is 0.113.